The summed E-state index contributed by atoms with van der Waals surface area (Å²) in [7, 11) is 0. The number of halogens is 4. The third kappa shape index (κ3) is 3.69. The van der Waals surface area contributed by atoms with Gasteiger partial charge >= 0.3 is 0 Å². The molecule has 0 aromatic heterocycles. The summed E-state index contributed by atoms with van der Waals surface area (Å²) in [6.07, 6.45) is 4.22. The summed E-state index contributed by atoms with van der Waals surface area (Å²) in [6, 6.07) is 7.14. The third-order valence-corrected chi connectivity index (χ3v) is 2.82. The van der Waals surface area contributed by atoms with Gasteiger partial charge in [-0.05, 0) is 36.4 Å². The summed E-state index contributed by atoms with van der Waals surface area (Å²) in [5, 5.41) is 0. The Balaban J connectivity index is 2.13. The molecule has 0 radical (unpaired) electrons. The molecular weight excluding hydrogens is 296 g/mol. The Bertz CT molecular complexity index is 700. The van der Waals surface area contributed by atoms with E-state index in [0.29, 0.717) is 0 Å². The second-order valence-corrected chi connectivity index (χ2v) is 4.36. The smallest absolute Gasteiger partial charge is 0.178 e. The van der Waals surface area contributed by atoms with E-state index in [1.807, 2.05) is 0 Å². The van der Waals surface area contributed by atoms with E-state index >= 15 is 0 Å². The molecule has 1 nitrogen and oxygen atoms in total. The second-order valence-electron chi connectivity index (χ2n) is 4.36. The van der Waals surface area contributed by atoms with Crippen molar-refractivity contribution < 1.29 is 22.4 Å². The summed E-state index contributed by atoms with van der Waals surface area (Å²) >= 11 is 0. The molecule has 2 aromatic rings. The molecule has 22 heavy (non-hydrogen) atoms. The molecule has 0 unspecified atom stereocenters. The van der Waals surface area contributed by atoms with Gasteiger partial charge in [-0.15, -0.1) is 0 Å². The highest BCUT2D eigenvalue weighted by Crippen LogP contribution is 2.14. The highest BCUT2D eigenvalue weighted by molar-refractivity contribution is 6.04. The number of allylic oxidation sites excluding steroid dienone is 2. The van der Waals surface area contributed by atoms with E-state index < -0.39 is 29.1 Å². The lowest BCUT2D eigenvalue weighted by Crippen LogP contribution is -1.91. The van der Waals surface area contributed by atoms with Crippen LogP contribution in [0.15, 0.2) is 48.6 Å². The summed E-state index contributed by atoms with van der Waals surface area (Å²) in [4.78, 5) is 11.6. The van der Waals surface area contributed by atoms with Gasteiger partial charge in [-0.3, -0.25) is 4.79 Å². The molecule has 0 spiro atoms. The minimum atomic E-state index is -1.06. The fourth-order valence-corrected chi connectivity index (χ4v) is 1.70. The van der Waals surface area contributed by atoms with Crippen LogP contribution in [0.1, 0.15) is 11.1 Å². The lowest BCUT2D eigenvalue weighted by atomic mass is 10.1. The first-order valence-electron chi connectivity index (χ1n) is 6.27. The lowest BCUT2D eigenvalue weighted by molar-refractivity contribution is -0.110. The van der Waals surface area contributed by atoms with Gasteiger partial charge in [-0.25, -0.2) is 17.6 Å². The molecule has 0 aliphatic heterocycles. The van der Waals surface area contributed by atoms with E-state index in [9.17, 15) is 22.4 Å². The normalized spacial score (nSPS) is 11.5. The van der Waals surface area contributed by atoms with Crippen molar-refractivity contribution in [2.75, 3.05) is 0 Å². The first-order valence-corrected chi connectivity index (χ1v) is 6.27. The van der Waals surface area contributed by atoms with E-state index in [0.717, 1.165) is 36.4 Å². The number of hydrogen-bond acceptors (Lipinski definition) is 1. The van der Waals surface area contributed by atoms with Gasteiger partial charge in [0.05, 0.1) is 0 Å². The molecule has 0 atom stereocenters. The van der Waals surface area contributed by atoms with Gasteiger partial charge in [0.15, 0.2) is 29.1 Å². The van der Waals surface area contributed by atoms with Crippen LogP contribution in [0.2, 0.25) is 0 Å². The van der Waals surface area contributed by atoms with Crippen molar-refractivity contribution in [1.82, 2.24) is 0 Å². The van der Waals surface area contributed by atoms with Crippen LogP contribution in [-0.4, -0.2) is 5.78 Å². The van der Waals surface area contributed by atoms with E-state index in [1.54, 1.807) is 0 Å². The van der Waals surface area contributed by atoms with Crippen molar-refractivity contribution in [3.63, 3.8) is 0 Å². The first kappa shape index (κ1) is 15.7. The number of carbonyl (C=O) groups is 1. The summed E-state index contributed by atoms with van der Waals surface area (Å²) in [5.74, 6) is -4.75. The molecule has 0 saturated heterocycles. The lowest BCUT2D eigenvalue weighted by Gasteiger charge is -1.97. The molecule has 0 N–H and O–H groups in total. The van der Waals surface area contributed by atoms with E-state index in [1.165, 1.54) is 24.3 Å². The van der Waals surface area contributed by atoms with Crippen molar-refractivity contribution in [3.05, 3.63) is 82.9 Å². The molecule has 0 saturated carbocycles. The zero-order chi connectivity index (χ0) is 16.1. The van der Waals surface area contributed by atoms with Crippen molar-refractivity contribution in [2.45, 2.75) is 0 Å². The van der Waals surface area contributed by atoms with Crippen LogP contribution < -0.4 is 0 Å². The Morgan fingerprint density at radius 2 is 1.14 bits per heavy atom. The first-order chi connectivity index (χ1) is 10.5. The van der Waals surface area contributed by atoms with Crippen LogP contribution in [0.5, 0.6) is 0 Å². The van der Waals surface area contributed by atoms with E-state index in [4.69, 9.17) is 0 Å². The summed E-state index contributed by atoms with van der Waals surface area (Å²) < 4.78 is 52.6. The monoisotopic (exact) mass is 306 g/mol. The quantitative estimate of drug-likeness (QED) is 0.599. The molecule has 2 aromatic carbocycles. The SMILES string of the molecule is O=C(/C=C/c1cccc(F)c1F)/C=C/c1cccc(F)c1F. The van der Waals surface area contributed by atoms with E-state index in [-0.39, 0.29) is 11.1 Å². The van der Waals surface area contributed by atoms with Crippen molar-refractivity contribution in [2.24, 2.45) is 0 Å². The Kier molecular flexibility index (Phi) is 4.88. The molecule has 0 aliphatic carbocycles. The number of benzene rings is 2. The molecule has 0 amide bonds. The average molecular weight is 306 g/mol. The van der Waals surface area contributed by atoms with Gasteiger partial charge in [0.1, 0.15) is 0 Å². The molecule has 2 rings (SSSR count). The molecule has 112 valence electrons. The Hall–Kier alpha value is -2.69. The third-order valence-electron chi connectivity index (χ3n) is 2.82. The number of ketones is 1. The highest BCUT2D eigenvalue weighted by atomic mass is 19.2. The van der Waals surface area contributed by atoms with Gasteiger partial charge in [0.25, 0.3) is 0 Å². The number of carbonyl (C=O) groups excluding carboxylic acids is 1. The van der Waals surface area contributed by atoms with Crippen molar-refractivity contribution in [1.29, 1.82) is 0 Å². The molecule has 5 heteroatoms. The fourth-order valence-electron chi connectivity index (χ4n) is 1.70. The summed E-state index contributed by atoms with van der Waals surface area (Å²) in [6.45, 7) is 0. The molecule has 0 fully saturated rings. The van der Waals surface area contributed by atoms with Gasteiger partial charge in [0, 0.05) is 11.1 Å². The van der Waals surface area contributed by atoms with E-state index in [2.05, 4.69) is 0 Å². The topological polar surface area (TPSA) is 17.1 Å². The fraction of sp³-hybridized carbons (Fsp3) is 0. The standard InChI is InChI=1S/C17H10F4O/c18-14-5-1-3-11(16(14)20)7-9-13(22)10-8-12-4-2-6-15(19)17(12)21/h1-10H/b9-7+,10-8+. The molecule has 0 heterocycles. The van der Waals surface area contributed by atoms with Crippen LogP contribution in [0, 0.1) is 23.3 Å². The van der Waals surface area contributed by atoms with Crippen LogP contribution >= 0.6 is 0 Å². The summed E-state index contributed by atoms with van der Waals surface area (Å²) in [5.41, 5.74) is -0.169. The zero-order valence-corrected chi connectivity index (χ0v) is 11.2. The predicted octanol–water partition coefficient (Wildman–Crippen LogP) is 4.54. The molecule has 0 bridgehead atoms. The maximum absolute atomic E-state index is 13.4. The maximum Gasteiger partial charge on any atom is 0.178 e. The van der Waals surface area contributed by atoms with Crippen LogP contribution in [0.25, 0.3) is 12.2 Å². The van der Waals surface area contributed by atoms with Crippen molar-refractivity contribution in [3.8, 4) is 0 Å². The van der Waals surface area contributed by atoms with Crippen LogP contribution in [0.3, 0.4) is 0 Å². The minimum Gasteiger partial charge on any atom is -0.290 e. The van der Waals surface area contributed by atoms with Crippen molar-refractivity contribution >= 4 is 17.9 Å². The number of hydrogen-bond donors (Lipinski definition) is 0. The number of rotatable bonds is 4. The zero-order valence-electron chi connectivity index (χ0n) is 11.2. The minimum absolute atomic E-state index is 0.0845. The van der Waals surface area contributed by atoms with Gasteiger partial charge < -0.3 is 0 Å². The van der Waals surface area contributed by atoms with Gasteiger partial charge in [-0.1, -0.05) is 24.3 Å². The second kappa shape index (κ2) is 6.85. The average Bonchev–Trinajstić information content (AvgIpc) is 2.50. The van der Waals surface area contributed by atoms with Gasteiger partial charge in [-0.2, -0.15) is 0 Å². The van der Waals surface area contributed by atoms with Crippen LogP contribution in [-0.2, 0) is 4.79 Å². The van der Waals surface area contributed by atoms with Crippen LogP contribution in [0.4, 0.5) is 17.6 Å². The van der Waals surface area contributed by atoms with Gasteiger partial charge in [0.2, 0.25) is 0 Å². The predicted molar refractivity (Wildman–Crippen MR) is 75.8 cm³/mol. The largest absolute Gasteiger partial charge is 0.290 e. The Morgan fingerprint density at radius 3 is 1.55 bits per heavy atom. The Morgan fingerprint density at radius 1 is 0.727 bits per heavy atom. The molecule has 0 aliphatic rings. The maximum atomic E-state index is 13.4. The Labute approximate surface area is 124 Å². The molecular formula is C17H10F4O. The highest BCUT2D eigenvalue weighted by Gasteiger charge is 2.06.